The summed E-state index contributed by atoms with van der Waals surface area (Å²) in [6.45, 7) is 0. The smallest absolute Gasteiger partial charge is 0.208 e. The van der Waals surface area contributed by atoms with Gasteiger partial charge in [-0.3, -0.25) is 4.79 Å². The van der Waals surface area contributed by atoms with Crippen LogP contribution in [-0.2, 0) is 0 Å². The lowest BCUT2D eigenvalue weighted by atomic mass is 10.1. The molecule has 0 saturated carbocycles. The van der Waals surface area contributed by atoms with Crippen molar-refractivity contribution < 1.29 is 28.5 Å². The highest BCUT2D eigenvalue weighted by atomic mass is 16.5. The maximum Gasteiger partial charge on any atom is 0.208 e. The van der Waals surface area contributed by atoms with Crippen LogP contribution in [0.1, 0.15) is 0 Å². The van der Waals surface area contributed by atoms with Crippen molar-refractivity contribution in [2.45, 2.75) is 0 Å². The summed E-state index contributed by atoms with van der Waals surface area (Å²) in [7, 11) is 5.78. The van der Waals surface area contributed by atoms with E-state index in [4.69, 9.17) is 23.4 Å². The third-order valence-corrected chi connectivity index (χ3v) is 3.76. The first kappa shape index (κ1) is 15.8. The fourth-order valence-corrected chi connectivity index (χ4v) is 2.65. The Hall–Kier alpha value is -3.09. The molecule has 0 radical (unpaired) electrons. The molecule has 0 aliphatic heterocycles. The van der Waals surface area contributed by atoms with Crippen LogP contribution in [0.15, 0.2) is 27.4 Å². The summed E-state index contributed by atoms with van der Waals surface area (Å²) in [6, 6.07) is 4.43. The topological polar surface area (TPSA) is 87.4 Å². The van der Waals surface area contributed by atoms with E-state index in [0.29, 0.717) is 17.2 Å². The zero-order chi connectivity index (χ0) is 17.4. The first-order chi connectivity index (χ1) is 11.5. The molecular weight excluding hydrogens is 316 g/mol. The summed E-state index contributed by atoms with van der Waals surface area (Å²) in [6.07, 6.45) is 0. The minimum Gasteiger partial charge on any atom is -0.507 e. The van der Waals surface area contributed by atoms with Gasteiger partial charge in [0, 0.05) is 18.2 Å². The lowest BCUT2D eigenvalue weighted by Crippen LogP contribution is -2.07. The SMILES string of the molecule is COc1cc(O)c2c(=O)c3c(OC)c(OC)cc(OC)c3oc2c1. The van der Waals surface area contributed by atoms with E-state index in [1.165, 1.54) is 40.6 Å². The van der Waals surface area contributed by atoms with Crippen molar-refractivity contribution in [3.63, 3.8) is 0 Å². The summed E-state index contributed by atoms with van der Waals surface area (Å²) < 4.78 is 26.8. The molecule has 0 aliphatic carbocycles. The number of aromatic hydroxyl groups is 1. The number of methoxy groups -OCH3 is 4. The summed E-state index contributed by atoms with van der Waals surface area (Å²) in [5.41, 5.74) is -0.0874. The van der Waals surface area contributed by atoms with E-state index in [-0.39, 0.29) is 33.4 Å². The second kappa shape index (κ2) is 5.84. The Morgan fingerprint density at radius 1 is 0.875 bits per heavy atom. The fourth-order valence-electron chi connectivity index (χ4n) is 2.65. The number of phenolic OH excluding ortho intramolecular Hbond substituents is 1. The summed E-state index contributed by atoms with van der Waals surface area (Å²) in [5.74, 6) is 0.954. The van der Waals surface area contributed by atoms with Crippen LogP contribution in [0.3, 0.4) is 0 Å². The minimum absolute atomic E-state index is 0.0249. The molecule has 0 fully saturated rings. The van der Waals surface area contributed by atoms with Crippen molar-refractivity contribution in [2.24, 2.45) is 0 Å². The summed E-state index contributed by atoms with van der Waals surface area (Å²) in [4.78, 5) is 13.0. The molecule has 1 aromatic heterocycles. The molecular formula is C17H16O7. The molecule has 0 saturated heterocycles. The molecule has 24 heavy (non-hydrogen) atoms. The number of benzene rings is 2. The number of fused-ring (bicyclic) bond motifs is 2. The molecule has 1 heterocycles. The van der Waals surface area contributed by atoms with Gasteiger partial charge in [-0.05, 0) is 0 Å². The van der Waals surface area contributed by atoms with E-state index < -0.39 is 5.43 Å². The number of phenols is 1. The highest BCUT2D eigenvalue weighted by Crippen LogP contribution is 2.42. The number of hydrogen-bond acceptors (Lipinski definition) is 7. The molecule has 3 rings (SSSR count). The van der Waals surface area contributed by atoms with Crippen molar-refractivity contribution in [3.05, 3.63) is 28.4 Å². The highest BCUT2D eigenvalue weighted by Gasteiger charge is 2.22. The maximum absolute atomic E-state index is 13.0. The van der Waals surface area contributed by atoms with Crippen LogP contribution in [0.4, 0.5) is 0 Å². The van der Waals surface area contributed by atoms with Gasteiger partial charge in [-0.1, -0.05) is 0 Å². The fraction of sp³-hybridized carbons (Fsp3) is 0.235. The zero-order valence-corrected chi connectivity index (χ0v) is 13.6. The largest absolute Gasteiger partial charge is 0.507 e. The van der Waals surface area contributed by atoms with Crippen LogP contribution in [0.2, 0.25) is 0 Å². The molecule has 0 unspecified atom stereocenters. The molecule has 1 N–H and O–H groups in total. The van der Waals surface area contributed by atoms with Gasteiger partial charge in [0.1, 0.15) is 27.9 Å². The van der Waals surface area contributed by atoms with Gasteiger partial charge in [0.05, 0.1) is 28.4 Å². The summed E-state index contributed by atoms with van der Waals surface area (Å²) in [5, 5.41) is 10.3. The Balaban J connectivity index is 2.59. The van der Waals surface area contributed by atoms with Gasteiger partial charge >= 0.3 is 0 Å². The van der Waals surface area contributed by atoms with Gasteiger partial charge in [-0.2, -0.15) is 0 Å². The maximum atomic E-state index is 13.0. The first-order valence-corrected chi connectivity index (χ1v) is 7.02. The lowest BCUT2D eigenvalue weighted by molar-refractivity contribution is 0.351. The average molecular weight is 332 g/mol. The van der Waals surface area contributed by atoms with Crippen LogP contribution < -0.4 is 24.4 Å². The molecule has 3 aromatic rings. The molecule has 0 spiro atoms. The number of ether oxygens (including phenoxy) is 4. The standard InChI is InChI=1S/C17H16O7/c1-20-8-5-9(18)13-10(6-8)24-17-12(22-3)7-11(21-2)16(23-4)14(17)15(13)19/h5-7,18H,1-4H3. The van der Waals surface area contributed by atoms with E-state index >= 15 is 0 Å². The molecule has 0 bridgehead atoms. The van der Waals surface area contributed by atoms with Crippen molar-refractivity contribution in [1.29, 1.82) is 0 Å². The highest BCUT2D eigenvalue weighted by molar-refractivity contribution is 6.00. The molecule has 7 heteroatoms. The van der Waals surface area contributed by atoms with Gasteiger partial charge in [-0.15, -0.1) is 0 Å². The third-order valence-electron chi connectivity index (χ3n) is 3.76. The number of rotatable bonds is 4. The minimum atomic E-state index is -0.458. The van der Waals surface area contributed by atoms with Crippen LogP contribution in [0, 0.1) is 0 Å². The molecule has 0 amide bonds. The Morgan fingerprint density at radius 3 is 2.17 bits per heavy atom. The Morgan fingerprint density at radius 2 is 1.58 bits per heavy atom. The van der Waals surface area contributed by atoms with Gasteiger partial charge in [-0.25, -0.2) is 0 Å². The van der Waals surface area contributed by atoms with Crippen molar-refractivity contribution in [2.75, 3.05) is 28.4 Å². The van der Waals surface area contributed by atoms with E-state index in [1.807, 2.05) is 0 Å². The van der Waals surface area contributed by atoms with Gasteiger partial charge in [0.2, 0.25) is 5.43 Å². The second-order valence-electron chi connectivity index (χ2n) is 4.97. The predicted octanol–water partition coefficient (Wildman–Crippen LogP) is 2.69. The Kier molecular flexibility index (Phi) is 3.84. The van der Waals surface area contributed by atoms with Crippen molar-refractivity contribution >= 4 is 21.9 Å². The number of hydrogen-bond donors (Lipinski definition) is 1. The monoisotopic (exact) mass is 332 g/mol. The summed E-state index contributed by atoms with van der Waals surface area (Å²) >= 11 is 0. The quantitative estimate of drug-likeness (QED) is 0.735. The van der Waals surface area contributed by atoms with Crippen LogP contribution in [-0.4, -0.2) is 33.5 Å². The van der Waals surface area contributed by atoms with Crippen molar-refractivity contribution in [1.82, 2.24) is 0 Å². The van der Waals surface area contributed by atoms with Crippen LogP contribution in [0.5, 0.6) is 28.7 Å². The Bertz CT molecular complexity index is 988. The van der Waals surface area contributed by atoms with E-state index in [2.05, 4.69) is 0 Å². The van der Waals surface area contributed by atoms with Crippen LogP contribution >= 0.6 is 0 Å². The molecule has 7 nitrogen and oxygen atoms in total. The van der Waals surface area contributed by atoms with Gasteiger partial charge in [0.15, 0.2) is 22.8 Å². The molecule has 2 aromatic carbocycles. The van der Waals surface area contributed by atoms with Crippen molar-refractivity contribution in [3.8, 4) is 28.7 Å². The molecule has 126 valence electrons. The Labute approximate surface area is 136 Å². The van der Waals surface area contributed by atoms with E-state index in [0.717, 1.165) is 0 Å². The van der Waals surface area contributed by atoms with Gasteiger partial charge < -0.3 is 28.5 Å². The molecule has 0 atom stereocenters. The lowest BCUT2D eigenvalue weighted by Gasteiger charge is -2.14. The molecule has 0 aliphatic rings. The first-order valence-electron chi connectivity index (χ1n) is 7.02. The van der Waals surface area contributed by atoms with Crippen LogP contribution in [0.25, 0.3) is 21.9 Å². The zero-order valence-electron chi connectivity index (χ0n) is 13.6. The van der Waals surface area contributed by atoms with E-state index in [9.17, 15) is 9.90 Å². The normalized spacial score (nSPS) is 10.8. The third kappa shape index (κ3) is 2.17. The second-order valence-corrected chi connectivity index (χ2v) is 4.97. The average Bonchev–Trinajstić information content (AvgIpc) is 2.59. The predicted molar refractivity (Wildman–Crippen MR) is 87.9 cm³/mol. The van der Waals surface area contributed by atoms with E-state index in [1.54, 1.807) is 6.07 Å². The van der Waals surface area contributed by atoms with Gasteiger partial charge in [0.25, 0.3) is 0 Å².